The molecule has 1 aromatic heterocycles. The summed E-state index contributed by atoms with van der Waals surface area (Å²) in [4.78, 5) is 16.1. The standard InChI is InChI=1S/C17H18ClF3N4O/c1-23-15(17(19,20)21)10-14(22-23)16(26)25-8-6-24(7-9-25)11-12-4-2-3-5-13(12)18/h2-5,10H,6-9,11H2,1H3. The minimum absolute atomic E-state index is 0.181. The molecule has 0 atom stereocenters. The van der Waals surface area contributed by atoms with Gasteiger partial charge in [-0.3, -0.25) is 14.4 Å². The van der Waals surface area contributed by atoms with Crippen molar-refractivity contribution in [3.63, 3.8) is 0 Å². The van der Waals surface area contributed by atoms with Crippen LogP contribution in [0.2, 0.25) is 5.02 Å². The molecule has 0 spiro atoms. The third kappa shape index (κ3) is 4.02. The molecule has 0 radical (unpaired) electrons. The zero-order chi connectivity index (χ0) is 18.9. The van der Waals surface area contributed by atoms with Crippen molar-refractivity contribution in [1.82, 2.24) is 19.6 Å². The van der Waals surface area contributed by atoms with Gasteiger partial charge in [0.25, 0.3) is 5.91 Å². The Labute approximate surface area is 153 Å². The maximum Gasteiger partial charge on any atom is 0.433 e. The Kier molecular flexibility index (Phi) is 5.24. The number of piperazine rings is 1. The van der Waals surface area contributed by atoms with Crippen molar-refractivity contribution in [2.24, 2.45) is 7.05 Å². The molecule has 2 aromatic rings. The molecule has 3 rings (SSSR count). The van der Waals surface area contributed by atoms with Crippen LogP contribution < -0.4 is 0 Å². The average Bonchev–Trinajstić information content (AvgIpc) is 2.99. The van der Waals surface area contributed by atoms with Crippen LogP contribution in [0.3, 0.4) is 0 Å². The van der Waals surface area contributed by atoms with Crippen molar-refractivity contribution < 1.29 is 18.0 Å². The summed E-state index contributed by atoms with van der Waals surface area (Å²) in [6.45, 7) is 2.78. The number of aromatic nitrogens is 2. The zero-order valence-electron chi connectivity index (χ0n) is 14.1. The summed E-state index contributed by atoms with van der Waals surface area (Å²) in [5.41, 5.74) is -0.105. The van der Waals surface area contributed by atoms with Gasteiger partial charge in [-0.05, 0) is 11.6 Å². The van der Waals surface area contributed by atoms with Crippen molar-refractivity contribution in [2.45, 2.75) is 12.7 Å². The number of amides is 1. The van der Waals surface area contributed by atoms with Gasteiger partial charge in [-0.2, -0.15) is 18.3 Å². The Bertz CT molecular complexity index is 798. The molecule has 0 bridgehead atoms. The molecular weight excluding hydrogens is 369 g/mol. The number of benzene rings is 1. The highest BCUT2D eigenvalue weighted by Crippen LogP contribution is 2.29. The Morgan fingerprint density at radius 2 is 1.85 bits per heavy atom. The second kappa shape index (κ2) is 7.28. The highest BCUT2D eigenvalue weighted by molar-refractivity contribution is 6.31. The normalized spacial score (nSPS) is 16.1. The van der Waals surface area contributed by atoms with E-state index in [1.807, 2.05) is 24.3 Å². The second-order valence-corrected chi connectivity index (χ2v) is 6.60. The lowest BCUT2D eigenvalue weighted by molar-refractivity contribution is -0.143. The lowest BCUT2D eigenvalue weighted by Crippen LogP contribution is -2.48. The van der Waals surface area contributed by atoms with Crippen molar-refractivity contribution in [3.8, 4) is 0 Å². The first-order valence-electron chi connectivity index (χ1n) is 8.12. The first-order chi connectivity index (χ1) is 12.3. The number of rotatable bonds is 3. The van der Waals surface area contributed by atoms with Gasteiger partial charge in [0.05, 0.1) is 0 Å². The summed E-state index contributed by atoms with van der Waals surface area (Å²) in [6.07, 6.45) is -4.53. The number of hydrogen-bond acceptors (Lipinski definition) is 3. The van der Waals surface area contributed by atoms with Gasteiger partial charge < -0.3 is 4.90 Å². The van der Waals surface area contributed by atoms with Crippen LogP contribution in [0.15, 0.2) is 30.3 Å². The van der Waals surface area contributed by atoms with Gasteiger partial charge in [0.15, 0.2) is 5.69 Å². The zero-order valence-corrected chi connectivity index (χ0v) is 14.9. The quantitative estimate of drug-likeness (QED) is 0.814. The summed E-state index contributed by atoms with van der Waals surface area (Å²) in [7, 11) is 1.18. The lowest BCUT2D eigenvalue weighted by Gasteiger charge is -2.34. The van der Waals surface area contributed by atoms with E-state index in [2.05, 4.69) is 10.00 Å². The van der Waals surface area contributed by atoms with E-state index in [-0.39, 0.29) is 5.69 Å². The summed E-state index contributed by atoms with van der Waals surface area (Å²) in [5.74, 6) is -0.478. The van der Waals surface area contributed by atoms with Crippen LogP contribution in [-0.4, -0.2) is 51.7 Å². The molecule has 0 saturated carbocycles. The van der Waals surface area contributed by atoms with Gasteiger partial charge in [0.2, 0.25) is 0 Å². The molecular formula is C17H18ClF3N4O. The highest BCUT2D eigenvalue weighted by atomic mass is 35.5. The number of aryl methyl sites for hydroxylation is 1. The molecule has 2 heterocycles. The van der Waals surface area contributed by atoms with Crippen LogP contribution in [0.1, 0.15) is 21.7 Å². The fourth-order valence-corrected chi connectivity index (χ4v) is 3.17. The molecule has 9 heteroatoms. The van der Waals surface area contributed by atoms with E-state index in [1.165, 1.54) is 11.9 Å². The molecule has 1 fully saturated rings. The van der Waals surface area contributed by atoms with Crippen molar-refractivity contribution in [3.05, 3.63) is 52.3 Å². The molecule has 26 heavy (non-hydrogen) atoms. The SMILES string of the molecule is Cn1nc(C(=O)N2CCN(Cc3ccccc3Cl)CC2)cc1C(F)(F)F. The van der Waals surface area contributed by atoms with E-state index >= 15 is 0 Å². The van der Waals surface area contributed by atoms with Crippen molar-refractivity contribution >= 4 is 17.5 Å². The maximum absolute atomic E-state index is 12.9. The number of hydrogen-bond donors (Lipinski definition) is 0. The Morgan fingerprint density at radius 1 is 1.19 bits per heavy atom. The maximum atomic E-state index is 12.9. The first-order valence-corrected chi connectivity index (χ1v) is 8.50. The Morgan fingerprint density at radius 3 is 2.42 bits per heavy atom. The smallest absolute Gasteiger partial charge is 0.335 e. The second-order valence-electron chi connectivity index (χ2n) is 6.20. The topological polar surface area (TPSA) is 41.4 Å². The summed E-state index contributed by atoms with van der Waals surface area (Å²) < 4.78 is 39.3. The van der Waals surface area contributed by atoms with E-state index in [1.54, 1.807) is 0 Å². The van der Waals surface area contributed by atoms with Gasteiger partial charge in [0.1, 0.15) is 5.69 Å². The highest BCUT2D eigenvalue weighted by Gasteiger charge is 2.36. The summed E-state index contributed by atoms with van der Waals surface area (Å²) in [6, 6.07) is 8.37. The predicted molar refractivity (Wildman–Crippen MR) is 90.8 cm³/mol. The first kappa shape index (κ1) is 18.7. The van der Waals surface area contributed by atoms with Crippen LogP contribution >= 0.6 is 11.6 Å². The van der Waals surface area contributed by atoms with Crippen LogP contribution in [0.5, 0.6) is 0 Å². The number of alkyl halides is 3. The van der Waals surface area contributed by atoms with Gasteiger partial charge in [0, 0.05) is 50.9 Å². The molecule has 1 aliphatic heterocycles. The lowest BCUT2D eigenvalue weighted by atomic mass is 10.2. The minimum atomic E-state index is -4.53. The van der Waals surface area contributed by atoms with Gasteiger partial charge >= 0.3 is 6.18 Å². The minimum Gasteiger partial charge on any atom is -0.335 e. The van der Waals surface area contributed by atoms with E-state index < -0.39 is 17.8 Å². The molecule has 1 aliphatic rings. The van der Waals surface area contributed by atoms with Crippen molar-refractivity contribution in [1.29, 1.82) is 0 Å². The van der Waals surface area contributed by atoms with Gasteiger partial charge in [-0.25, -0.2) is 0 Å². The third-order valence-corrected chi connectivity index (χ3v) is 4.77. The van der Waals surface area contributed by atoms with Gasteiger partial charge in [-0.15, -0.1) is 0 Å². The molecule has 1 saturated heterocycles. The molecule has 5 nitrogen and oxygen atoms in total. The van der Waals surface area contributed by atoms with E-state index in [9.17, 15) is 18.0 Å². The molecule has 0 N–H and O–H groups in total. The van der Waals surface area contributed by atoms with E-state index in [0.29, 0.717) is 42.4 Å². The van der Waals surface area contributed by atoms with E-state index in [0.717, 1.165) is 11.6 Å². The van der Waals surface area contributed by atoms with Crippen molar-refractivity contribution in [2.75, 3.05) is 26.2 Å². The van der Waals surface area contributed by atoms with Crippen LogP contribution in [0.25, 0.3) is 0 Å². The van der Waals surface area contributed by atoms with Crippen LogP contribution in [0.4, 0.5) is 13.2 Å². The van der Waals surface area contributed by atoms with Crippen LogP contribution in [0, 0.1) is 0 Å². The van der Waals surface area contributed by atoms with Gasteiger partial charge in [-0.1, -0.05) is 29.8 Å². The number of carbonyl (C=O) groups is 1. The molecule has 140 valence electrons. The Balaban J connectivity index is 1.61. The number of halogens is 4. The molecule has 1 amide bonds. The largest absolute Gasteiger partial charge is 0.433 e. The van der Waals surface area contributed by atoms with Crippen LogP contribution in [-0.2, 0) is 19.8 Å². The molecule has 1 aromatic carbocycles. The summed E-state index contributed by atoms with van der Waals surface area (Å²) in [5, 5.41) is 4.42. The molecule has 0 unspecified atom stereocenters. The predicted octanol–water partition coefficient (Wildman–Crippen LogP) is 3.05. The summed E-state index contributed by atoms with van der Waals surface area (Å²) >= 11 is 6.16. The fourth-order valence-electron chi connectivity index (χ4n) is 2.98. The monoisotopic (exact) mass is 386 g/mol. The Hall–Kier alpha value is -2.06. The number of nitrogens with zero attached hydrogens (tertiary/aromatic N) is 4. The average molecular weight is 387 g/mol. The van der Waals surface area contributed by atoms with E-state index in [4.69, 9.17) is 11.6 Å². The third-order valence-electron chi connectivity index (χ3n) is 4.40. The fraction of sp³-hybridized carbons (Fsp3) is 0.412. The molecule has 0 aliphatic carbocycles. The number of carbonyl (C=O) groups excluding carboxylic acids is 1.